The highest BCUT2D eigenvalue weighted by molar-refractivity contribution is 6.12. The summed E-state index contributed by atoms with van der Waals surface area (Å²) in [6.45, 7) is 23.3. The molecule has 0 aliphatic rings. The van der Waals surface area contributed by atoms with Crippen molar-refractivity contribution < 1.29 is 0 Å². The molecule has 2 heterocycles. The molecule has 7 heteroatoms. The summed E-state index contributed by atoms with van der Waals surface area (Å²) in [5, 5.41) is 23.8. The monoisotopic (exact) mass is 685 g/mol. The lowest BCUT2D eigenvalue weighted by Gasteiger charge is -2.18. The molecule has 0 bridgehead atoms. The van der Waals surface area contributed by atoms with Crippen molar-refractivity contribution in [2.24, 2.45) is 0 Å². The summed E-state index contributed by atoms with van der Waals surface area (Å²) >= 11 is 0. The second kappa shape index (κ2) is 12.4. The Hall–Kier alpha value is -8.41. The Morgan fingerprint density at radius 3 is 1.72 bits per heavy atom. The van der Waals surface area contributed by atoms with Crippen LogP contribution in [0.15, 0.2) is 140 Å². The zero-order valence-electron chi connectivity index (χ0n) is 28.4. The molecule has 0 radical (unpaired) electrons. The number of fused-ring (bicyclic) bond motifs is 6. The first-order valence-electron chi connectivity index (χ1n) is 17.0. The topological polar surface area (TPSA) is 70.5 Å². The smallest absolute Gasteiger partial charge is 0.194 e. The fraction of sp³-hybridized carbons (Fsp3) is 0. The van der Waals surface area contributed by atoms with Gasteiger partial charge in [0, 0.05) is 22.1 Å². The van der Waals surface area contributed by atoms with Gasteiger partial charge in [-0.15, -0.1) is 0 Å². The molecule has 2 aromatic heterocycles. The van der Waals surface area contributed by atoms with E-state index < -0.39 is 0 Å². The maximum Gasteiger partial charge on any atom is 0.194 e. The van der Waals surface area contributed by atoms with Gasteiger partial charge >= 0.3 is 0 Å². The molecule has 0 unspecified atom stereocenters. The molecule has 7 nitrogen and oxygen atoms in total. The van der Waals surface area contributed by atoms with Crippen LogP contribution in [-0.4, -0.2) is 9.13 Å². The quantitative estimate of drug-likeness (QED) is 0.173. The minimum atomic E-state index is 0.465. The van der Waals surface area contributed by atoms with Crippen LogP contribution >= 0.6 is 0 Å². The number of nitrogens with zero attached hydrogens (tertiary/aromatic N) is 7. The average Bonchev–Trinajstić information content (AvgIpc) is 3.74. The van der Waals surface area contributed by atoms with E-state index in [1.165, 1.54) is 0 Å². The van der Waals surface area contributed by atoms with Crippen molar-refractivity contribution in [3.8, 4) is 45.8 Å². The first-order chi connectivity index (χ1) is 26.5. The van der Waals surface area contributed by atoms with Crippen LogP contribution in [0.25, 0.3) is 91.8 Å². The van der Waals surface area contributed by atoms with Gasteiger partial charge in [-0.25, -0.2) is 14.5 Å². The molecular weight excluding hydrogens is 663 g/mol. The van der Waals surface area contributed by atoms with Crippen LogP contribution in [0.5, 0.6) is 0 Å². The number of para-hydroxylation sites is 2. The van der Waals surface area contributed by atoms with Crippen LogP contribution in [0.2, 0.25) is 0 Å². The van der Waals surface area contributed by atoms with Gasteiger partial charge in [0.05, 0.1) is 65.0 Å². The summed E-state index contributed by atoms with van der Waals surface area (Å²) in [6.07, 6.45) is 0. The molecule has 0 aliphatic carbocycles. The van der Waals surface area contributed by atoms with Crippen molar-refractivity contribution in [3.05, 3.63) is 185 Å². The van der Waals surface area contributed by atoms with E-state index in [0.717, 1.165) is 77.2 Å². The molecule has 0 saturated heterocycles. The van der Waals surface area contributed by atoms with Gasteiger partial charge in [0.15, 0.2) is 17.1 Å². The Morgan fingerprint density at radius 2 is 1.04 bits per heavy atom. The maximum atomic E-state index is 10.4. The highest BCUT2D eigenvalue weighted by atomic mass is 15.0. The molecule has 0 atom stereocenters. The lowest BCUT2D eigenvalue weighted by atomic mass is 9.92. The summed E-state index contributed by atoms with van der Waals surface area (Å²) < 4.78 is 4.26. The zero-order valence-corrected chi connectivity index (χ0v) is 28.4. The molecule has 246 valence electrons. The first kappa shape index (κ1) is 31.6. The van der Waals surface area contributed by atoms with Gasteiger partial charge in [0.25, 0.3) is 0 Å². The lowest BCUT2D eigenvalue weighted by molar-refractivity contribution is 1.17. The van der Waals surface area contributed by atoms with E-state index in [9.17, 15) is 10.5 Å². The first-order valence-corrected chi connectivity index (χ1v) is 17.0. The van der Waals surface area contributed by atoms with Crippen LogP contribution in [0.1, 0.15) is 11.1 Å². The third-order valence-corrected chi connectivity index (χ3v) is 9.98. The highest BCUT2D eigenvalue weighted by Gasteiger charge is 2.20. The molecule has 7 aromatic carbocycles. The molecular formula is C47H23N7. The summed E-state index contributed by atoms with van der Waals surface area (Å²) in [5.41, 5.74) is 11.0. The van der Waals surface area contributed by atoms with Crippen molar-refractivity contribution in [2.45, 2.75) is 0 Å². The third-order valence-electron chi connectivity index (χ3n) is 9.98. The minimum absolute atomic E-state index is 0.465. The Labute approximate surface area is 310 Å². The van der Waals surface area contributed by atoms with E-state index in [0.29, 0.717) is 28.2 Å². The Kier molecular flexibility index (Phi) is 7.26. The Bertz CT molecular complexity index is 3220. The fourth-order valence-electron chi connectivity index (χ4n) is 7.64. The minimum Gasteiger partial charge on any atom is -0.309 e. The van der Waals surface area contributed by atoms with E-state index in [-0.39, 0.29) is 0 Å². The average molecular weight is 686 g/mol. The van der Waals surface area contributed by atoms with Gasteiger partial charge in [-0.05, 0) is 112 Å². The predicted octanol–water partition coefficient (Wildman–Crippen LogP) is 12.6. The molecule has 0 amide bonds. The summed E-state index contributed by atoms with van der Waals surface area (Å²) in [6, 6.07) is 49.1. The largest absolute Gasteiger partial charge is 0.309 e. The zero-order chi connectivity index (χ0) is 36.9. The third kappa shape index (κ3) is 4.86. The summed E-state index contributed by atoms with van der Waals surface area (Å²) in [5.74, 6) is 0. The van der Waals surface area contributed by atoms with E-state index in [4.69, 9.17) is 19.7 Å². The van der Waals surface area contributed by atoms with Crippen molar-refractivity contribution in [2.75, 3.05) is 0 Å². The number of aromatic nitrogens is 2. The number of hydrogen-bond donors (Lipinski definition) is 0. The maximum absolute atomic E-state index is 10.4. The number of benzene rings is 7. The van der Waals surface area contributed by atoms with E-state index in [2.05, 4.69) is 47.9 Å². The molecule has 9 rings (SSSR count). The van der Waals surface area contributed by atoms with Gasteiger partial charge in [-0.2, -0.15) is 10.5 Å². The van der Waals surface area contributed by atoms with Crippen LogP contribution in [0.3, 0.4) is 0 Å². The van der Waals surface area contributed by atoms with Crippen LogP contribution in [0.4, 0.5) is 17.1 Å². The fourth-order valence-corrected chi connectivity index (χ4v) is 7.64. The number of rotatable bonds is 4. The van der Waals surface area contributed by atoms with Crippen molar-refractivity contribution in [1.82, 2.24) is 9.13 Å². The van der Waals surface area contributed by atoms with E-state index in [1.54, 1.807) is 12.1 Å². The molecule has 54 heavy (non-hydrogen) atoms. The van der Waals surface area contributed by atoms with Gasteiger partial charge in [0.2, 0.25) is 0 Å². The summed E-state index contributed by atoms with van der Waals surface area (Å²) in [4.78, 5) is 11.2. The molecule has 0 N–H and O–H groups in total. The van der Waals surface area contributed by atoms with Gasteiger partial charge < -0.3 is 9.13 Å². The molecule has 0 spiro atoms. The van der Waals surface area contributed by atoms with Gasteiger partial charge in [0.1, 0.15) is 0 Å². The SMILES string of the molecule is [C-]#[N+]c1ccc2c(c1)c1cc([N+]#[C-])ccc1n2-c1ccc(-c2ccccc2[N+]#[C-])c(-c2cc(C#N)cc(-n3c4ccccc4c4cc(C#N)ccc43)c2)c1. The van der Waals surface area contributed by atoms with Gasteiger partial charge in [-0.3, -0.25) is 0 Å². The molecule has 0 fully saturated rings. The van der Waals surface area contributed by atoms with Crippen molar-refractivity contribution in [1.29, 1.82) is 10.5 Å². The Balaban J connectivity index is 1.36. The molecule has 0 saturated carbocycles. The number of nitriles is 2. The second-order valence-electron chi connectivity index (χ2n) is 12.9. The van der Waals surface area contributed by atoms with Gasteiger partial charge in [-0.1, -0.05) is 60.7 Å². The van der Waals surface area contributed by atoms with Crippen LogP contribution < -0.4 is 0 Å². The predicted molar refractivity (Wildman–Crippen MR) is 214 cm³/mol. The summed E-state index contributed by atoms with van der Waals surface area (Å²) in [7, 11) is 0. The molecule has 0 aliphatic heterocycles. The second-order valence-corrected chi connectivity index (χ2v) is 12.9. The normalized spacial score (nSPS) is 10.9. The number of hydrogen-bond acceptors (Lipinski definition) is 2. The lowest BCUT2D eigenvalue weighted by Crippen LogP contribution is -1.98. The highest BCUT2D eigenvalue weighted by Crippen LogP contribution is 2.43. The Morgan fingerprint density at radius 1 is 0.426 bits per heavy atom. The van der Waals surface area contributed by atoms with Crippen LogP contribution in [-0.2, 0) is 0 Å². The standard InChI is InChI=1S/C47H23N7/c1-50-32-13-18-46-41(24-32)42-25-33(51-2)14-19-47(42)53(46)34-15-16-36(37-8-4-6-10-43(37)52-3)39(26-34)31-20-30(28-49)21-35(23-31)54-44-11-7-5-9-38(44)40-22-29(27-48)12-17-45(40)54/h4-26H. The van der Waals surface area contributed by atoms with E-state index >= 15 is 0 Å². The molecule has 9 aromatic rings. The van der Waals surface area contributed by atoms with Crippen molar-refractivity contribution in [3.63, 3.8) is 0 Å². The van der Waals surface area contributed by atoms with Crippen molar-refractivity contribution >= 4 is 60.7 Å². The van der Waals surface area contributed by atoms with Crippen LogP contribution in [0, 0.1) is 42.4 Å². The van der Waals surface area contributed by atoms with E-state index in [1.807, 2.05) is 115 Å².